The number of hydrogen-bond donors (Lipinski definition) is 1. The Kier molecular flexibility index (Phi) is 4.59. The zero-order valence-electron chi connectivity index (χ0n) is 15.7. The number of aromatic amines is 1. The predicted octanol–water partition coefficient (Wildman–Crippen LogP) is 3.30. The van der Waals surface area contributed by atoms with Crippen molar-refractivity contribution < 1.29 is 0 Å². The molecule has 6 heteroatoms. The van der Waals surface area contributed by atoms with Crippen LogP contribution in [0.2, 0.25) is 0 Å². The highest BCUT2D eigenvalue weighted by Crippen LogP contribution is 2.26. The van der Waals surface area contributed by atoms with Gasteiger partial charge in [0.25, 0.3) is 0 Å². The average Bonchev–Trinajstić information content (AvgIpc) is 3.20. The molecule has 1 N–H and O–H groups in total. The fourth-order valence-corrected chi connectivity index (χ4v) is 3.89. The van der Waals surface area contributed by atoms with E-state index in [-0.39, 0.29) is 0 Å². The van der Waals surface area contributed by atoms with Crippen molar-refractivity contribution in [2.45, 2.75) is 46.1 Å². The Labute approximate surface area is 154 Å². The summed E-state index contributed by atoms with van der Waals surface area (Å²) in [5, 5.41) is 12.0. The van der Waals surface area contributed by atoms with Gasteiger partial charge in [0.1, 0.15) is 5.82 Å². The van der Waals surface area contributed by atoms with Crippen LogP contribution in [0.1, 0.15) is 47.4 Å². The maximum absolute atomic E-state index is 4.61. The van der Waals surface area contributed by atoms with Crippen LogP contribution in [0.3, 0.4) is 0 Å². The van der Waals surface area contributed by atoms with Crippen molar-refractivity contribution in [2.24, 2.45) is 0 Å². The summed E-state index contributed by atoms with van der Waals surface area (Å²) in [5.41, 5.74) is 4.67. The second-order valence-electron chi connectivity index (χ2n) is 7.36. The number of aromatic nitrogens is 5. The molecule has 0 aliphatic carbocycles. The topological polar surface area (TPSA) is 62.6 Å². The molecular formula is C20H26N6. The predicted molar refractivity (Wildman–Crippen MR) is 101 cm³/mol. The van der Waals surface area contributed by atoms with Gasteiger partial charge in [-0.3, -0.25) is 10.00 Å². The first kappa shape index (κ1) is 17.0. The lowest BCUT2D eigenvalue weighted by atomic mass is 9.97. The normalized spacial score (nSPS) is 18.3. The molecule has 136 valence electrons. The molecule has 26 heavy (non-hydrogen) atoms. The largest absolute Gasteiger partial charge is 0.298 e. The van der Waals surface area contributed by atoms with Crippen LogP contribution in [0.25, 0.3) is 5.69 Å². The van der Waals surface area contributed by atoms with Crippen LogP contribution >= 0.6 is 0 Å². The van der Waals surface area contributed by atoms with Gasteiger partial charge < -0.3 is 0 Å². The first-order valence-electron chi connectivity index (χ1n) is 9.32. The van der Waals surface area contributed by atoms with E-state index >= 15 is 0 Å². The smallest absolute Gasteiger partial charge is 0.155 e. The van der Waals surface area contributed by atoms with Gasteiger partial charge >= 0.3 is 0 Å². The summed E-state index contributed by atoms with van der Waals surface area (Å²) in [4.78, 5) is 7.05. The second-order valence-corrected chi connectivity index (χ2v) is 7.36. The number of H-pyrrole nitrogens is 1. The molecule has 2 aromatic heterocycles. The summed E-state index contributed by atoms with van der Waals surface area (Å²) >= 11 is 0. The molecule has 3 aromatic rings. The van der Waals surface area contributed by atoms with E-state index in [1.807, 2.05) is 18.5 Å². The van der Waals surface area contributed by atoms with Gasteiger partial charge in [0, 0.05) is 24.7 Å². The van der Waals surface area contributed by atoms with E-state index in [1.165, 1.54) is 18.4 Å². The maximum atomic E-state index is 4.61. The van der Waals surface area contributed by atoms with Crippen LogP contribution in [0.15, 0.2) is 30.3 Å². The highest BCUT2D eigenvalue weighted by atomic mass is 15.3. The van der Waals surface area contributed by atoms with E-state index in [1.54, 1.807) is 0 Å². The van der Waals surface area contributed by atoms with Crippen molar-refractivity contribution >= 4 is 0 Å². The van der Waals surface area contributed by atoms with Gasteiger partial charge in [0.05, 0.1) is 11.4 Å². The molecule has 1 unspecified atom stereocenters. The Morgan fingerprint density at radius 1 is 1.19 bits per heavy atom. The van der Waals surface area contributed by atoms with Gasteiger partial charge in [-0.25, -0.2) is 9.67 Å². The molecule has 0 spiro atoms. The molecule has 4 rings (SSSR count). The quantitative estimate of drug-likeness (QED) is 0.784. The molecule has 3 heterocycles. The Balaban J connectivity index is 1.48. The minimum Gasteiger partial charge on any atom is -0.298 e. The molecular weight excluding hydrogens is 324 g/mol. The fraction of sp³-hybridized carbons (Fsp3) is 0.450. The van der Waals surface area contributed by atoms with Crippen molar-refractivity contribution in [3.8, 4) is 5.69 Å². The monoisotopic (exact) mass is 350 g/mol. The maximum Gasteiger partial charge on any atom is 0.155 e. The molecule has 6 nitrogen and oxygen atoms in total. The van der Waals surface area contributed by atoms with E-state index < -0.39 is 0 Å². The Morgan fingerprint density at radius 3 is 2.81 bits per heavy atom. The Hall–Kier alpha value is -2.47. The number of benzene rings is 1. The number of hydrogen-bond acceptors (Lipinski definition) is 4. The molecule has 0 bridgehead atoms. The van der Waals surface area contributed by atoms with Gasteiger partial charge in [-0.2, -0.15) is 10.2 Å². The first-order chi connectivity index (χ1) is 12.6. The molecule has 0 radical (unpaired) electrons. The van der Waals surface area contributed by atoms with Crippen molar-refractivity contribution in [3.63, 3.8) is 0 Å². The molecule has 1 aromatic carbocycles. The second kappa shape index (κ2) is 7.03. The number of piperidine rings is 1. The fourth-order valence-electron chi connectivity index (χ4n) is 3.89. The molecule has 1 atom stereocenters. The lowest BCUT2D eigenvalue weighted by Crippen LogP contribution is -2.34. The molecule has 0 amide bonds. The summed E-state index contributed by atoms with van der Waals surface area (Å²) in [6.45, 7) is 9.19. The van der Waals surface area contributed by atoms with Crippen molar-refractivity contribution in [1.29, 1.82) is 0 Å². The summed E-state index contributed by atoms with van der Waals surface area (Å²) in [7, 11) is 0. The molecule has 1 fully saturated rings. The van der Waals surface area contributed by atoms with E-state index in [4.69, 9.17) is 0 Å². The number of likely N-dealkylation sites (tertiary alicyclic amines) is 1. The third kappa shape index (κ3) is 3.55. The van der Waals surface area contributed by atoms with Crippen LogP contribution in [0, 0.1) is 20.8 Å². The number of nitrogens with zero attached hydrogens (tertiary/aromatic N) is 5. The zero-order valence-corrected chi connectivity index (χ0v) is 15.7. The van der Waals surface area contributed by atoms with E-state index in [0.717, 1.165) is 48.4 Å². The number of nitrogens with one attached hydrogen (secondary N) is 1. The van der Waals surface area contributed by atoms with Gasteiger partial charge in [0.15, 0.2) is 5.82 Å². The average molecular weight is 350 g/mol. The Bertz CT molecular complexity index is 893. The first-order valence-corrected chi connectivity index (χ1v) is 9.32. The highest BCUT2D eigenvalue weighted by molar-refractivity contribution is 5.37. The third-order valence-corrected chi connectivity index (χ3v) is 5.06. The number of rotatable bonds is 4. The standard InChI is InChI=1S/C20H26N6/c1-14-10-15(2)26(24-14)19-8-4-6-17(11-19)12-25-9-5-7-18(13-25)20-21-16(3)22-23-20/h4,6,8,10-11,18H,5,7,9,12-13H2,1-3H3,(H,21,22,23). The van der Waals surface area contributed by atoms with Crippen molar-refractivity contribution in [2.75, 3.05) is 13.1 Å². The summed E-state index contributed by atoms with van der Waals surface area (Å²) in [5.74, 6) is 2.28. The van der Waals surface area contributed by atoms with Gasteiger partial charge in [-0.05, 0) is 63.9 Å². The molecule has 1 aliphatic rings. The van der Waals surface area contributed by atoms with Gasteiger partial charge in [-0.1, -0.05) is 12.1 Å². The highest BCUT2D eigenvalue weighted by Gasteiger charge is 2.24. The summed E-state index contributed by atoms with van der Waals surface area (Å²) in [6, 6.07) is 10.8. The van der Waals surface area contributed by atoms with Crippen molar-refractivity contribution in [3.05, 3.63) is 58.9 Å². The van der Waals surface area contributed by atoms with Crippen LogP contribution in [-0.4, -0.2) is 43.0 Å². The Morgan fingerprint density at radius 2 is 2.08 bits per heavy atom. The van der Waals surface area contributed by atoms with Crippen LogP contribution < -0.4 is 0 Å². The molecule has 1 aliphatic heterocycles. The van der Waals surface area contributed by atoms with Crippen LogP contribution in [0.5, 0.6) is 0 Å². The van der Waals surface area contributed by atoms with E-state index in [2.05, 4.69) is 62.4 Å². The van der Waals surface area contributed by atoms with Crippen molar-refractivity contribution in [1.82, 2.24) is 29.9 Å². The third-order valence-electron chi connectivity index (χ3n) is 5.06. The summed E-state index contributed by atoms with van der Waals surface area (Å²) < 4.78 is 2.02. The zero-order chi connectivity index (χ0) is 18.1. The molecule has 1 saturated heterocycles. The van der Waals surface area contributed by atoms with E-state index in [0.29, 0.717) is 5.92 Å². The SMILES string of the molecule is Cc1cc(C)n(-c2cccc(CN3CCCC(c4n[nH]c(C)n4)C3)c2)n1. The number of aryl methyl sites for hydroxylation is 3. The minimum absolute atomic E-state index is 0.424. The van der Waals surface area contributed by atoms with Crippen LogP contribution in [-0.2, 0) is 6.54 Å². The summed E-state index contributed by atoms with van der Waals surface area (Å²) in [6.07, 6.45) is 2.36. The minimum atomic E-state index is 0.424. The van der Waals surface area contributed by atoms with Crippen LogP contribution in [0.4, 0.5) is 0 Å². The molecule has 0 saturated carbocycles. The lowest BCUT2D eigenvalue weighted by Gasteiger charge is -2.31. The van der Waals surface area contributed by atoms with E-state index in [9.17, 15) is 0 Å². The van der Waals surface area contributed by atoms with Gasteiger partial charge in [0.2, 0.25) is 0 Å². The van der Waals surface area contributed by atoms with Gasteiger partial charge in [-0.15, -0.1) is 0 Å². The lowest BCUT2D eigenvalue weighted by molar-refractivity contribution is 0.196.